The smallest absolute Gasteiger partial charge is 0.253 e. The first-order chi connectivity index (χ1) is 13.4. The van der Waals surface area contributed by atoms with Crippen molar-refractivity contribution >= 4 is 28.4 Å². The minimum atomic E-state index is -0.266. The Morgan fingerprint density at radius 1 is 1.29 bits per heavy atom. The largest absolute Gasteiger partial charge is 0.348 e. The standard InChI is InChI=1S/C21H23ClN4O2/c1-12-7-13(2)25-21(28)17(12)10-23-20(27)16-8-14(22)9-19-18(16)11-24-26(19)15-5-3-4-6-15/h7-9,11,15H,3-6,10H2,1-2H3,(H,23,27)(H,25,28). The maximum atomic E-state index is 12.9. The predicted molar refractivity (Wildman–Crippen MR) is 110 cm³/mol. The molecule has 1 aliphatic rings. The fourth-order valence-corrected chi connectivity index (χ4v) is 4.32. The zero-order valence-corrected chi connectivity index (χ0v) is 16.8. The highest BCUT2D eigenvalue weighted by Gasteiger charge is 2.22. The van der Waals surface area contributed by atoms with Crippen LogP contribution in [-0.2, 0) is 6.54 Å². The number of aromatic nitrogens is 3. The number of benzene rings is 1. The van der Waals surface area contributed by atoms with Crippen LogP contribution in [0, 0.1) is 13.8 Å². The molecule has 1 amide bonds. The lowest BCUT2D eigenvalue weighted by molar-refractivity contribution is 0.0952. The van der Waals surface area contributed by atoms with E-state index in [1.54, 1.807) is 12.3 Å². The Labute approximate surface area is 167 Å². The Balaban J connectivity index is 1.63. The molecule has 1 aliphatic carbocycles. The number of aryl methyl sites for hydroxylation is 2. The Bertz CT molecular complexity index is 1110. The van der Waals surface area contributed by atoms with Crippen LogP contribution in [0.25, 0.3) is 10.9 Å². The summed E-state index contributed by atoms with van der Waals surface area (Å²) in [6.45, 7) is 3.86. The van der Waals surface area contributed by atoms with E-state index in [-0.39, 0.29) is 18.0 Å². The van der Waals surface area contributed by atoms with Gasteiger partial charge in [0.25, 0.3) is 11.5 Å². The van der Waals surface area contributed by atoms with Gasteiger partial charge in [0.1, 0.15) is 0 Å². The maximum absolute atomic E-state index is 12.9. The highest BCUT2D eigenvalue weighted by atomic mass is 35.5. The summed E-state index contributed by atoms with van der Waals surface area (Å²) in [6, 6.07) is 5.78. The first-order valence-corrected chi connectivity index (χ1v) is 9.96. The normalized spacial score (nSPS) is 14.7. The van der Waals surface area contributed by atoms with Crippen molar-refractivity contribution in [3.8, 4) is 0 Å². The highest BCUT2D eigenvalue weighted by Crippen LogP contribution is 2.33. The molecule has 2 aromatic heterocycles. The molecule has 0 unspecified atom stereocenters. The summed E-state index contributed by atoms with van der Waals surface area (Å²) in [4.78, 5) is 27.8. The van der Waals surface area contributed by atoms with Crippen LogP contribution in [0.1, 0.15) is 58.9 Å². The summed E-state index contributed by atoms with van der Waals surface area (Å²) in [5, 5.41) is 8.68. The number of amides is 1. The molecule has 2 heterocycles. The molecule has 6 nitrogen and oxygen atoms in total. The van der Waals surface area contributed by atoms with Gasteiger partial charge in [-0.1, -0.05) is 24.4 Å². The van der Waals surface area contributed by atoms with Gasteiger partial charge in [-0.25, -0.2) is 0 Å². The average Bonchev–Trinajstić information content (AvgIpc) is 3.28. The van der Waals surface area contributed by atoms with Gasteiger partial charge < -0.3 is 10.3 Å². The van der Waals surface area contributed by atoms with Crippen molar-refractivity contribution in [2.75, 3.05) is 0 Å². The van der Waals surface area contributed by atoms with Crippen LogP contribution in [-0.4, -0.2) is 20.7 Å². The Hall–Kier alpha value is -2.60. The van der Waals surface area contributed by atoms with Crippen molar-refractivity contribution in [1.29, 1.82) is 0 Å². The number of H-pyrrole nitrogens is 1. The quantitative estimate of drug-likeness (QED) is 0.696. The molecule has 1 saturated carbocycles. The van der Waals surface area contributed by atoms with Crippen LogP contribution in [0.2, 0.25) is 5.02 Å². The molecule has 0 spiro atoms. The first-order valence-electron chi connectivity index (χ1n) is 9.58. The molecule has 1 fully saturated rings. The summed E-state index contributed by atoms with van der Waals surface area (Å²) >= 11 is 6.31. The van der Waals surface area contributed by atoms with Crippen molar-refractivity contribution < 1.29 is 4.79 Å². The van der Waals surface area contributed by atoms with E-state index in [1.165, 1.54) is 12.8 Å². The van der Waals surface area contributed by atoms with Crippen molar-refractivity contribution in [1.82, 2.24) is 20.1 Å². The molecule has 0 atom stereocenters. The van der Waals surface area contributed by atoms with Gasteiger partial charge in [-0.3, -0.25) is 14.3 Å². The molecular formula is C21H23ClN4O2. The molecule has 0 saturated heterocycles. The molecule has 7 heteroatoms. The number of nitrogens with one attached hydrogen (secondary N) is 2. The van der Waals surface area contributed by atoms with E-state index in [4.69, 9.17) is 11.6 Å². The molecular weight excluding hydrogens is 376 g/mol. The first kappa shape index (κ1) is 18.7. The van der Waals surface area contributed by atoms with E-state index in [2.05, 4.69) is 15.4 Å². The lowest BCUT2D eigenvalue weighted by Crippen LogP contribution is -2.28. The molecule has 4 rings (SSSR count). The molecule has 3 aromatic rings. The fourth-order valence-electron chi connectivity index (χ4n) is 4.10. The Morgan fingerprint density at radius 2 is 2.04 bits per heavy atom. The van der Waals surface area contributed by atoms with Crippen LogP contribution in [0.4, 0.5) is 0 Å². The van der Waals surface area contributed by atoms with Crippen LogP contribution >= 0.6 is 11.6 Å². The van der Waals surface area contributed by atoms with Crippen molar-refractivity contribution in [2.24, 2.45) is 0 Å². The zero-order chi connectivity index (χ0) is 19.8. The number of hydrogen-bond donors (Lipinski definition) is 2. The number of aromatic amines is 1. The minimum Gasteiger partial charge on any atom is -0.348 e. The van der Waals surface area contributed by atoms with E-state index in [0.29, 0.717) is 22.2 Å². The van der Waals surface area contributed by atoms with Crippen LogP contribution < -0.4 is 10.9 Å². The second-order valence-corrected chi connectivity index (χ2v) is 7.98. The third-order valence-corrected chi connectivity index (χ3v) is 5.73. The second-order valence-electron chi connectivity index (χ2n) is 7.54. The highest BCUT2D eigenvalue weighted by molar-refractivity contribution is 6.32. The fraction of sp³-hybridized carbons (Fsp3) is 0.381. The van der Waals surface area contributed by atoms with Crippen LogP contribution in [0.5, 0.6) is 0 Å². The average molecular weight is 399 g/mol. The number of carbonyl (C=O) groups excluding carboxylic acids is 1. The predicted octanol–water partition coefficient (Wildman–Crippen LogP) is 4.04. The van der Waals surface area contributed by atoms with Gasteiger partial charge in [-0.2, -0.15) is 5.10 Å². The second kappa shape index (κ2) is 7.43. The van der Waals surface area contributed by atoms with E-state index in [1.807, 2.05) is 30.7 Å². The molecule has 146 valence electrons. The van der Waals surface area contributed by atoms with E-state index < -0.39 is 0 Å². The monoisotopic (exact) mass is 398 g/mol. The molecule has 2 N–H and O–H groups in total. The Kier molecular flexibility index (Phi) is 4.98. The van der Waals surface area contributed by atoms with Gasteiger partial charge in [0, 0.05) is 28.2 Å². The van der Waals surface area contributed by atoms with Gasteiger partial charge >= 0.3 is 0 Å². The lowest BCUT2D eigenvalue weighted by Gasteiger charge is -2.13. The molecule has 0 bridgehead atoms. The number of nitrogens with zero attached hydrogens (tertiary/aromatic N) is 2. The number of pyridine rings is 1. The van der Waals surface area contributed by atoms with E-state index >= 15 is 0 Å². The number of hydrogen-bond acceptors (Lipinski definition) is 3. The summed E-state index contributed by atoms with van der Waals surface area (Å²) in [7, 11) is 0. The van der Waals surface area contributed by atoms with Crippen molar-refractivity contribution in [3.05, 3.63) is 62.2 Å². The number of rotatable bonds is 4. The molecule has 1 aromatic carbocycles. The van der Waals surface area contributed by atoms with Crippen LogP contribution in [0.3, 0.4) is 0 Å². The third-order valence-electron chi connectivity index (χ3n) is 5.52. The number of fused-ring (bicyclic) bond motifs is 1. The van der Waals surface area contributed by atoms with Gasteiger partial charge in [0.2, 0.25) is 0 Å². The molecule has 0 radical (unpaired) electrons. The molecule has 28 heavy (non-hydrogen) atoms. The summed E-state index contributed by atoms with van der Waals surface area (Å²) in [5.41, 5.74) is 3.39. The van der Waals surface area contributed by atoms with Gasteiger partial charge in [-0.05, 0) is 50.5 Å². The number of halogens is 1. The van der Waals surface area contributed by atoms with Crippen molar-refractivity contribution in [3.63, 3.8) is 0 Å². The summed E-state index contributed by atoms with van der Waals surface area (Å²) in [5.74, 6) is -0.266. The topological polar surface area (TPSA) is 79.8 Å². The van der Waals surface area contributed by atoms with Gasteiger partial charge in [0.05, 0.1) is 23.3 Å². The number of carbonyl (C=O) groups is 1. The van der Waals surface area contributed by atoms with E-state index in [0.717, 1.165) is 35.0 Å². The summed E-state index contributed by atoms with van der Waals surface area (Å²) in [6.07, 6.45) is 6.33. The minimum absolute atomic E-state index is 0.158. The van der Waals surface area contributed by atoms with E-state index in [9.17, 15) is 9.59 Å². The maximum Gasteiger partial charge on any atom is 0.253 e. The zero-order valence-electron chi connectivity index (χ0n) is 16.0. The third kappa shape index (κ3) is 3.44. The van der Waals surface area contributed by atoms with Crippen molar-refractivity contribution in [2.45, 2.75) is 52.1 Å². The molecule has 0 aliphatic heterocycles. The lowest BCUT2D eigenvalue weighted by atomic mass is 10.1. The summed E-state index contributed by atoms with van der Waals surface area (Å²) < 4.78 is 2.00. The van der Waals surface area contributed by atoms with Gasteiger partial charge in [-0.15, -0.1) is 0 Å². The van der Waals surface area contributed by atoms with Crippen LogP contribution in [0.15, 0.2) is 29.2 Å². The Morgan fingerprint density at radius 3 is 2.75 bits per heavy atom. The SMILES string of the molecule is Cc1cc(C)c(CNC(=O)c2cc(Cl)cc3c2cnn3C2CCCC2)c(=O)[nH]1. The van der Waals surface area contributed by atoms with Gasteiger partial charge in [0.15, 0.2) is 0 Å².